The zero-order chi connectivity index (χ0) is 10.0. The number of nitrogens with zero attached hydrogens (tertiary/aromatic N) is 2. The van der Waals surface area contributed by atoms with Gasteiger partial charge in [0.2, 0.25) is 0 Å². The number of hydrazone groups is 1. The van der Waals surface area contributed by atoms with Gasteiger partial charge in [0.1, 0.15) is 0 Å². The van der Waals surface area contributed by atoms with Crippen molar-refractivity contribution in [2.45, 2.75) is 20.8 Å². The van der Waals surface area contributed by atoms with Gasteiger partial charge in [-0.2, -0.15) is 5.10 Å². The van der Waals surface area contributed by atoms with Gasteiger partial charge in [-0.15, -0.1) is 0 Å². The zero-order valence-corrected chi connectivity index (χ0v) is 8.32. The van der Waals surface area contributed by atoms with Crippen LogP contribution in [0.2, 0.25) is 0 Å². The minimum atomic E-state index is -0.0912. The maximum absolute atomic E-state index is 11.6. The molecular weight excluding hydrogens is 168 g/mol. The number of carbonyl (C=O) groups excluding carboxylic acids is 1. The van der Waals surface area contributed by atoms with E-state index in [-0.39, 0.29) is 24.3 Å². The second-order valence-corrected chi connectivity index (χ2v) is 3.65. The van der Waals surface area contributed by atoms with Gasteiger partial charge in [0, 0.05) is 5.71 Å². The van der Waals surface area contributed by atoms with Crippen LogP contribution in [-0.2, 0) is 4.79 Å². The van der Waals surface area contributed by atoms with Crippen LogP contribution in [0.25, 0.3) is 0 Å². The Kier molecular flexibility index (Phi) is 3.03. The molecule has 1 unspecified atom stereocenters. The van der Waals surface area contributed by atoms with Crippen molar-refractivity contribution in [3.63, 3.8) is 0 Å². The van der Waals surface area contributed by atoms with E-state index in [4.69, 9.17) is 5.11 Å². The molecule has 0 saturated heterocycles. The van der Waals surface area contributed by atoms with Crippen molar-refractivity contribution in [3.8, 4) is 0 Å². The standard InChI is InChI=1S/C9H16N2O2/c1-6(2)8-7(3)10-11(4-5-12)9(8)13/h6,8,12H,4-5H2,1-3H3. The maximum Gasteiger partial charge on any atom is 0.251 e. The first-order valence-electron chi connectivity index (χ1n) is 4.55. The molecule has 0 aromatic carbocycles. The summed E-state index contributed by atoms with van der Waals surface area (Å²) in [5, 5.41) is 14.2. The summed E-state index contributed by atoms with van der Waals surface area (Å²) in [5.74, 6) is 0.202. The van der Waals surface area contributed by atoms with Crippen LogP contribution in [0.5, 0.6) is 0 Å². The van der Waals surface area contributed by atoms with Gasteiger partial charge in [-0.25, -0.2) is 5.01 Å². The Balaban J connectivity index is 2.73. The van der Waals surface area contributed by atoms with Crippen molar-refractivity contribution in [1.82, 2.24) is 5.01 Å². The molecule has 0 aromatic heterocycles. The summed E-state index contributed by atoms with van der Waals surface area (Å²) in [7, 11) is 0. The first-order chi connectivity index (χ1) is 6.07. The SMILES string of the molecule is CC1=NN(CCO)C(=O)C1C(C)C. The second-order valence-electron chi connectivity index (χ2n) is 3.65. The molecule has 4 heteroatoms. The molecule has 1 atom stereocenters. The highest BCUT2D eigenvalue weighted by Gasteiger charge is 2.34. The second kappa shape index (κ2) is 3.87. The molecule has 1 rings (SSSR count). The lowest BCUT2D eigenvalue weighted by atomic mass is 9.92. The van der Waals surface area contributed by atoms with Gasteiger partial charge in [0.15, 0.2) is 0 Å². The number of β-amino-alcohol motifs (C(OH)–C–C–N with tert-alkyl or cyclic N) is 1. The molecule has 1 heterocycles. The average Bonchev–Trinajstić information content (AvgIpc) is 2.28. The van der Waals surface area contributed by atoms with Gasteiger partial charge >= 0.3 is 0 Å². The fourth-order valence-electron chi connectivity index (χ4n) is 1.66. The minimum Gasteiger partial charge on any atom is -0.394 e. The molecule has 1 amide bonds. The minimum absolute atomic E-state index is 0.0153. The monoisotopic (exact) mass is 184 g/mol. The predicted octanol–water partition coefficient (Wildman–Crippen LogP) is 0.469. The third-order valence-electron chi connectivity index (χ3n) is 2.23. The van der Waals surface area contributed by atoms with E-state index in [1.54, 1.807) is 0 Å². The van der Waals surface area contributed by atoms with E-state index < -0.39 is 0 Å². The molecule has 1 aliphatic heterocycles. The van der Waals surface area contributed by atoms with Crippen molar-refractivity contribution in [3.05, 3.63) is 0 Å². The quantitative estimate of drug-likeness (QED) is 0.693. The summed E-state index contributed by atoms with van der Waals surface area (Å²) in [6.07, 6.45) is 0. The summed E-state index contributed by atoms with van der Waals surface area (Å²) in [6, 6.07) is 0. The summed E-state index contributed by atoms with van der Waals surface area (Å²) >= 11 is 0. The van der Waals surface area contributed by atoms with Crippen molar-refractivity contribution >= 4 is 11.6 Å². The highest BCUT2D eigenvalue weighted by Crippen LogP contribution is 2.22. The summed E-state index contributed by atoms with van der Waals surface area (Å²) in [5.41, 5.74) is 0.855. The van der Waals surface area contributed by atoms with Gasteiger partial charge in [0.25, 0.3) is 5.91 Å². The lowest BCUT2D eigenvalue weighted by Gasteiger charge is -2.15. The third kappa shape index (κ3) is 1.88. The van der Waals surface area contributed by atoms with Crippen LogP contribution in [0.4, 0.5) is 0 Å². The average molecular weight is 184 g/mol. The normalized spacial score (nSPS) is 22.8. The molecule has 1 N–H and O–H groups in total. The van der Waals surface area contributed by atoms with Crippen LogP contribution >= 0.6 is 0 Å². The number of hydrogen-bond acceptors (Lipinski definition) is 3. The number of aliphatic hydroxyl groups is 1. The predicted molar refractivity (Wildman–Crippen MR) is 50.2 cm³/mol. The molecule has 0 radical (unpaired) electrons. The molecule has 13 heavy (non-hydrogen) atoms. The van der Waals surface area contributed by atoms with Gasteiger partial charge in [-0.1, -0.05) is 13.8 Å². The molecule has 4 nitrogen and oxygen atoms in total. The zero-order valence-electron chi connectivity index (χ0n) is 8.32. The van der Waals surface area contributed by atoms with E-state index in [0.717, 1.165) is 5.71 Å². The Morgan fingerprint density at radius 1 is 1.62 bits per heavy atom. The van der Waals surface area contributed by atoms with Gasteiger partial charge < -0.3 is 5.11 Å². The van der Waals surface area contributed by atoms with E-state index in [1.807, 2.05) is 20.8 Å². The van der Waals surface area contributed by atoms with Crippen LogP contribution in [-0.4, -0.2) is 34.9 Å². The van der Waals surface area contributed by atoms with Crippen LogP contribution in [0.3, 0.4) is 0 Å². The number of rotatable bonds is 3. The Hall–Kier alpha value is -0.900. The Bertz CT molecular complexity index is 236. The van der Waals surface area contributed by atoms with Crippen molar-refractivity contribution < 1.29 is 9.90 Å². The molecule has 1 aliphatic rings. The van der Waals surface area contributed by atoms with Crippen molar-refractivity contribution in [2.24, 2.45) is 16.9 Å². The summed E-state index contributed by atoms with van der Waals surface area (Å²) in [6.45, 7) is 6.14. The molecular formula is C9H16N2O2. The summed E-state index contributed by atoms with van der Waals surface area (Å²) in [4.78, 5) is 11.6. The fraction of sp³-hybridized carbons (Fsp3) is 0.778. The largest absolute Gasteiger partial charge is 0.394 e. The van der Waals surface area contributed by atoms with E-state index in [2.05, 4.69) is 5.10 Å². The Morgan fingerprint density at radius 2 is 2.23 bits per heavy atom. The highest BCUT2D eigenvalue weighted by atomic mass is 16.3. The van der Waals surface area contributed by atoms with Gasteiger partial charge in [-0.05, 0) is 12.8 Å². The Labute approximate surface area is 78.2 Å². The van der Waals surface area contributed by atoms with Gasteiger partial charge in [-0.3, -0.25) is 4.79 Å². The topological polar surface area (TPSA) is 52.9 Å². The molecule has 0 aliphatic carbocycles. The van der Waals surface area contributed by atoms with Crippen LogP contribution in [0, 0.1) is 11.8 Å². The van der Waals surface area contributed by atoms with Crippen LogP contribution in [0.1, 0.15) is 20.8 Å². The maximum atomic E-state index is 11.6. The number of hydrogen-bond donors (Lipinski definition) is 1. The molecule has 0 fully saturated rings. The number of amides is 1. The fourth-order valence-corrected chi connectivity index (χ4v) is 1.66. The molecule has 74 valence electrons. The number of carbonyl (C=O) groups is 1. The summed E-state index contributed by atoms with van der Waals surface area (Å²) < 4.78 is 0. The lowest BCUT2D eigenvalue weighted by molar-refractivity contribution is -0.133. The highest BCUT2D eigenvalue weighted by molar-refractivity contribution is 6.07. The molecule has 0 aromatic rings. The first kappa shape index (κ1) is 10.2. The van der Waals surface area contributed by atoms with Crippen LogP contribution < -0.4 is 0 Å². The lowest BCUT2D eigenvalue weighted by Crippen LogP contribution is -2.31. The molecule has 0 bridgehead atoms. The van der Waals surface area contributed by atoms with Crippen LogP contribution in [0.15, 0.2) is 5.10 Å². The molecule has 0 spiro atoms. The van der Waals surface area contributed by atoms with E-state index in [9.17, 15) is 4.79 Å². The van der Waals surface area contributed by atoms with Crippen molar-refractivity contribution in [2.75, 3.05) is 13.2 Å². The smallest absolute Gasteiger partial charge is 0.251 e. The molecule has 0 saturated carbocycles. The van der Waals surface area contributed by atoms with E-state index in [1.165, 1.54) is 5.01 Å². The first-order valence-corrected chi connectivity index (χ1v) is 4.55. The third-order valence-corrected chi connectivity index (χ3v) is 2.23. The van der Waals surface area contributed by atoms with E-state index in [0.29, 0.717) is 6.54 Å². The van der Waals surface area contributed by atoms with Gasteiger partial charge in [0.05, 0.1) is 19.1 Å². The van der Waals surface area contributed by atoms with E-state index >= 15 is 0 Å². The van der Waals surface area contributed by atoms with Crippen molar-refractivity contribution in [1.29, 1.82) is 0 Å². The Morgan fingerprint density at radius 3 is 2.62 bits per heavy atom. The number of aliphatic hydroxyl groups excluding tert-OH is 1.